The molecule has 31 heavy (non-hydrogen) atoms. The van der Waals surface area contributed by atoms with Crippen LogP contribution in [0.5, 0.6) is 5.75 Å². The molecule has 3 aromatic carbocycles. The third kappa shape index (κ3) is 4.86. The third-order valence-electron chi connectivity index (χ3n) is 5.41. The van der Waals surface area contributed by atoms with Gasteiger partial charge in [0.15, 0.2) is 0 Å². The molecular formula is C25H25N3O3. The molecule has 1 N–H and O–H groups in total. The highest BCUT2D eigenvalue weighted by atomic mass is 16.5. The Hall–Kier alpha value is -3.80. The Morgan fingerprint density at radius 3 is 2.16 bits per heavy atom. The molecule has 0 bridgehead atoms. The summed E-state index contributed by atoms with van der Waals surface area (Å²) in [5, 5.41) is 2.91. The van der Waals surface area contributed by atoms with Crippen molar-refractivity contribution in [3.8, 4) is 5.75 Å². The lowest BCUT2D eigenvalue weighted by atomic mass is 10.1. The van der Waals surface area contributed by atoms with Crippen molar-refractivity contribution in [3.63, 3.8) is 0 Å². The number of benzene rings is 3. The molecule has 0 aromatic heterocycles. The van der Waals surface area contributed by atoms with Crippen molar-refractivity contribution in [3.05, 3.63) is 90.0 Å². The van der Waals surface area contributed by atoms with E-state index in [-0.39, 0.29) is 11.8 Å². The summed E-state index contributed by atoms with van der Waals surface area (Å²) >= 11 is 0. The Labute approximate surface area is 182 Å². The minimum Gasteiger partial charge on any atom is -0.497 e. The van der Waals surface area contributed by atoms with E-state index in [9.17, 15) is 9.59 Å². The fraction of sp³-hybridized carbons (Fsp3) is 0.200. The minimum atomic E-state index is -0.181. The number of anilines is 2. The first kappa shape index (κ1) is 20.5. The fourth-order valence-corrected chi connectivity index (χ4v) is 3.65. The number of hydrogen-bond acceptors (Lipinski definition) is 4. The number of ether oxygens (including phenoxy) is 1. The van der Waals surface area contributed by atoms with Crippen LogP contribution in [0.1, 0.15) is 20.7 Å². The third-order valence-corrected chi connectivity index (χ3v) is 5.41. The van der Waals surface area contributed by atoms with Crippen LogP contribution in [0.15, 0.2) is 78.9 Å². The van der Waals surface area contributed by atoms with Crippen molar-refractivity contribution < 1.29 is 14.3 Å². The number of methoxy groups -OCH3 is 1. The molecule has 0 atom stereocenters. The average molecular weight is 415 g/mol. The number of nitrogens with zero attached hydrogens (tertiary/aromatic N) is 2. The molecule has 0 radical (unpaired) electrons. The number of carbonyl (C=O) groups is 2. The standard InChI is InChI=1S/C25H25N3O3/c1-31-23-9-5-8-20(18-23)24(29)26-21-10-12-22(13-11-21)27-14-16-28(17-15-27)25(30)19-6-3-2-4-7-19/h2-13,18H,14-17H2,1H3,(H,26,29). The lowest BCUT2D eigenvalue weighted by Crippen LogP contribution is -2.48. The Bertz CT molecular complexity index is 1040. The summed E-state index contributed by atoms with van der Waals surface area (Å²) < 4.78 is 5.18. The van der Waals surface area contributed by atoms with E-state index in [2.05, 4.69) is 10.2 Å². The normalized spacial score (nSPS) is 13.6. The van der Waals surface area contributed by atoms with Crippen LogP contribution < -0.4 is 15.0 Å². The SMILES string of the molecule is COc1cccc(C(=O)Nc2ccc(N3CCN(C(=O)c4ccccc4)CC3)cc2)c1. The van der Waals surface area contributed by atoms with E-state index in [0.717, 1.165) is 30.0 Å². The second kappa shape index (κ2) is 9.34. The van der Waals surface area contributed by atoms with Crippen molar-refractivity contribution in [2.24, 2.45) is 0 Å². The molecule has 0 spiro atoms. The van der Waals surface area contributed by atoms with Gasteiger partial charge >= 0.3 is 0 Å². The number of piperazine rings is 1. The van der Waals surface area contributed by atoms with Gasteiger partial charge in [0.25, 0.3) is 11.8 Å². The van der Waals surface area contributed by atoms with Crippen LogP contribution in [0.25, 0.3) is 0 Å². The highest BCUT2D eigenvalue weighted by molar-refractivity contribution is 6.04. The molecular weight excluding hydrogens is 390 g/mol. The van der Waals surface area contributed by atoms with Gasteiger partial charge in [0.05, 0.1) is 7.11 Å². The van der Waals surface area contributed by atoms with E-state index in [1.54, 1.807) is 31.4 Å². The van der Waals surface area contributed by atoms with Gasteiger partial charge in [0.1, 0.15) is 5.75 Å². The summed E-state index contributed by atoms with van der Waals surface area (Å²) in [5.74, 6) is 0.545. The molecule has 1 aliphatic rings. The molecule has 0 saturated carbocycles. The molecule has 1 aliphatic heterocycles. The van der Waals surface area contributed by atoms with E-state index in [1.165, 1.54) is 0 Å². The molecule has 0 aliphatic carbocycles. The minimum absolute atomic E-state index is 0.0795. The molecule has 1 saturated heterocycles. The van der Waals surface area contributed by atoms with Gasteiger partial charge in [-0.25, -0.2) is 0 Å². The Morgan fingerprint density at radius 1 is 0.806 bits per heavy atom. The molecule has 158 valence electrons. The molecule has 4 rings (SSSR count). The predicted molar refractivity (Wildman–Crippen MR) is 122 cm³/mol. The number of rotatable bonds is 5. The zero-order chi connectivity index (χ0) is 21.6. The molecule has 1 fully saturated rings. The zero-order valence-electron chi connectivity index (χ0n) is 17.5. The van der Waals surface area contributed by atoms with Crippen LogP contribution in [0.4, 0.5) is 11.4 Å². The summed E-state index contributed by atoms with van der Waals surface area (Å²) in [4.78, 5) is 29.2. The van der Waals surface area contributed by atoms with Crippen LogP contribution in [0.2, 0.25) is 0 Å². The van der Waals surface area contributed by atoms with Crippen LogP contribution in [0.3, 0.4) is 0 Å². The first-order valence-corrected chi connectivity index (χ1v) is 10.3. The fourth-order valence-electron chi connectivity index (χ4n) is 3.65. The van der Waals surface area contributed by atoms with Gasteiger partial charge in [-0.3, -0.25) is 9.59 Å². The maximum absolute atomic E-state index is 12.6. The summed E-state index contributed by atoms with van der Waals surface area (Å²) in [6.45, 7) is 2.91. The van der Waals surface area contributed by atoms with Crippen molar-refractivity contribution in [2.45, 2.75) is 0 Å². The van der Waals surface area contributed by atoms with Gasteiger partial charge in [0, 0.05) is 48.7 Å². The maximum Gasteiger partial charge on any atom is 0.255 e. The number of nitrogens with one attached hydrogen (secondary N) is 1. The first-order valence-electron chi connectivity index (χ1n) is 10.3. The summed E-state index contributed by atoms with van der Waals surface area (Å²) in [7, 11) is 1.58. The van der Waals surface area contributed by atoms with E-state index in [1.807, 2.05) is 59.5 Å². The highest BCUT2D eigenvalue weighted by Gasteiger charge is 2.22. The predicted octanol–water partition coefficient (Wildman–Crippen LogP) is 3.91. The Kier molecular flexibility index (Phi) is 6.17. The average Bonchev–Trinajstić information content (AvgIpc) is 2.85. The Balaban J connectivity index is 1.33. The largest absolute Gasteiger partial charge is 0.497 e. The summed E-state index contributed by atoms with van der Waals surface area (Å²) in [5.41, 5.74) is 3.08. The molecule has 2 amide bonds. The van der Waals surface area contributed by atoms with Crippen molar-refractivity contribution in [1.29, 1.82) is 0 Å². The van der Waals surface area contributed by atoms with Crippen molar-refractivity contribution >= 4 is 23.2 Å². The van der Waals surface area contributed by atoms with Crippen LogP contribution in [0, 0.1) is 0 Å². The highest BCUT2D eigenvalue weighted by Crippen LogP contribution is 2.21. The van der Waals surface area contributed by atoms with Crippen LogP contribution in [-0.4, -0.2) is 50.0 Å². The zero-order valence-corrected chi connectivity index (χ0v) is 17.5. The molecule has 3 aromatic rings. The maximum atomic E-state index is 12.6. The second-order valence-electron chi connectivity index (χ2n) is 7.38. The van der Waals surface area contributed by atoms with Gasteiger partial charge in [0.2, 0.25) is 0 Å². The van der Waals surface area contributed by atoms with Crippen molar-refractivity contribution in [2.75, 3.05) is 43.5 Å². The smallest absolute Gasteiger partial charge is 0.255 e. The van der Waals surface area contributed by atoms with Gasteiger partial charge in [-0.05, 0) is 54.6 Å². The van der Waals surface area contributed by atoms with E-state index >= 15 is 0 Å². The monoisotopic (exact) mass is 415 g/mol. The topological polar surface area (TPSA) is 61.9 Å². The molecule has 6 heteroatoms. The van der Waals surface area contributed by atoms with Gasteiger partial charge in [-0.1, -0.05) is 24.3 Å². The molecule has 0 unspecified atom stereocenters. The van der Waals surface area contributed by atoms with Gasteiger partial charge < -0.3 is 19.9 Å². The van der Waals surface area contributed by atoms with E-state index < -0.39 is 0 Å². The lowest BCUT2D eigenvalue weighted by Gasteiger charge is -2.36. The molecule has 6 nitrogen and oxygen atoms in total. The second-order valence-corrected chi connectivity index (χ2v) is 7.38. The summed E-state index contributed by atoms with van der Waals surface area (Å²) in [6.07, 6.45) is 0. The van der Waals surface area contributed by atoms with Crippen LogP contribution >= 0.6 is 0 Å². The van der Waals surface area contributed by atoms with E-state index in [0.29, 0.717) is 24.4 Å². The van der Waals surface area contributed by atoms with Crippen LogP contribution in [-0.2, 0) is 0 Å². The number of amides is 2. The van der Waals surface area contributed by atoms with Gasteiger partial charge in [-0.15, -0.1) is 0 Å². The summed E-state index contributed by atoms with van der Waals surface area (Å²) in [6, 6.07) is 24.2. The van der Waals surface area contributed by atoms with Crippen molar-refractivity contribution in [1.82, 2.24) is 4.90 Å². The van der Waals surface area contributed by atoms with Gasteiger partial charge in [-0.2, -0.15) is 0 Å². The number of hydrogen-bond donors (Lipinski definition) is 1. The van der Waals surface area contributed by atoms with E-state index in [4.69, 9.17) is 4.74 Å². The Morgan fingerprint density at radius 2 is 1.48 bits per heavy atom. The first-order chi connectivity index (χ1) is 15.1. The molecule has 1 heterocycles. The quantitative estimate of drug-likeness (QED) is 0.686. The lowest BCUT2D eigenvalue weighted by molar-refractivity contribution is 0.0746. The number of carbonyl (C=O) groups excluding carboxylic acids is 2.